The van der Waals surface area contributed by atoms with Crippen LogP contribution in [0.4, 0.5) is 5.69 Å². The summed E-state index contributed by atoms with van der Waals surface area (Å²) in [5.41, 5.74) is 2.89. The van der Waals surface area contributed by atoms with E-state index < -0.39 is 24.0 Å². The summed E-state index contributed by atoms with van der Waals surface area (Å²) >= 11 is 0. The van der Waals surface area contributed by atoms with E-state index in [0.29, 0.717) is 24.6 Å². The number of amidine groups is 2. The molecule has 2 aliphatic rings. The molecule has 1 heterocycles. The molecule has 1 saturated carbocycles. The topological polar surface area (TPSA) is 168 Å². The lowest BCUT2D eigenvalue weighted by molar-refractivity contribution is -0.117. The summed E-state index contributed by atoms with van der Waals surface area (Å²) in [5.74, 6) is -0.938. The van der Waals surface area contributed by atoms with Crippen LogP contribution in [0.5, 0.6) is 0 Å². The molecule has 198 valence electrons. The Hall–Kier alpha value is -4.51. The van der Waals surface area contributed by atoms with Crippen LogP contribution in [-0.2, 0) is 14.3 Å². The summed E-state index contributed by atoms with van der Waals surface area (Å²) in [4.78, 5) is 17.6. The van der Waals surface area contributed by atoms with Crippen molar-refractivity contribution in [3.63, 3.8) is 0 Å². The number of benzodiazepines with no additional fused rings is 1. The number of hydrogen-bond acceptors (Lipinski definition) is 8. The Balaban J connectivity index is 1.50. The van der Waals surface area contributed by atoms with Gasteiger partial charge < -0.3 is 30.7 Å². The lowest BCUT2D eigenvalue weighted by Crippen LogP contribution is -2.44. The Morgan fingerprint density at radius 3 is 2.55 bits per heavy atom. The van der Waals surface area contributed by atoms with Crippen molar-refractivity contribution in [2.24, 2.45) is 4.99 Å². The molecule has 1 atom stereocenters. The molecule has 0 aromatic heterocycles. The molecule has 1 fully saturated rings. The van der Waals surface area contributed by atoms with E-state index in [9.17, 15) is 4.79 Å². The number of hydrogen-bond donors (Lipinski definition) is 7. The second-order valence-electron chi connectivity index (χ2n) is 8.83. The average molecular weight is 517 g/mol. The molecule has 11 heteroatoms. The van der Waals surface area contributed by atoms with Crippen molar-refractivity contribution in [3.05, 3.63) is 77.5 Å². The van der Waals surface area contributed by atoms with E-state index in [2.05, 4.69) is 26.3 Å². The molecule has 1 amide bonds. The van der Waals surface area contributed by atoms with Crippen LogP contribution in [0, 0.1) is 16.2 Å². The summed E-state index contributed by atoms with van der Waals surface area (Å²) in [5, 5.41) is 36.7. The third-order valence-corrected chi connectivity index (χ3v) is 6.16. The van der Waals surface area contributed by atoms with Crippen LogP contribution >= 0.6 is 0 Å². The molecule has 11 nitrogen and oxygen atoms in total. The first-order chi connectivity index (χ1) is 18.5. The van der Waals surface area contributed by atoms with Crippen molar-refractivity contribution in [1.29, 1.82) is 16.2 Å². The number of methoxy groups -OCH3 is 1. The molecule has 1 unspecified atom stereocenters. The van der Waals surface area contributed by atoms with E-state index in [1.165, 1.54) is 0 Å². The number of para-hydroxylation sites is 1. The zero-order chi connectivity index (χ0) is 26.9. The van der Waals surface area contributed by atoms with E-state index in [1.807, 2.05) is 48.5 Å². The molecular formula is C27H32N8O3. The van der Waals surface area contributed by atoms with Crippen LogP contribution in [0.1, 0.15) is 30.4 Å². The van der Waals surface area contributed by atoms with Gasteiger partial charge in [-0.3, -0.25) is 21.0 Å². The lowest BCUT2D eigenvalue weighted by Gasteiger charge is -2.26. The molecule has 0 radical (unpaired) electrons. The fourth-order valence-corrected chi connectivity index (χ4v) is 3.89. The van der Waals surface area contributed by atoms with Crippen LogP contribution in [0.2, 0.25) is 0 Å². The maximum atomic E-state index is 13.0. The van der Waals surface area contributed by atoms with Crippen LogP contribution < -0.4 is 21.3 Å². The first-order valence-corrected chi connectivity index (χ1v) is 12.4. The van der Waals surface area contributed by atoms with Gasteiger partial charge in [0, 0.05) is 37.0 Å². The van der Waals surface area contributed by atoms with Crippen LogP contribution in [0.25, 0.3) is 0 Å². The molecule has 38 heavy (non-hydrogen) atoms. The first kappa shape index (κ1) is 26.6. The number of rotatable bonds is 9. The Bertz CT molecular complexity index is 1250. The number of carbonyl (C=O) groups excluding carboxylic acids is 1. The van der Waals surface area contributed by atoms with Gasteiger partial charge in [0.05, 0.1) is 23.6 Å². The highest BCUT2D eigenvalue weighted by molar-refractivity contribution is 6.21. The predicted octanol–water partition coefficient (Wildman–Crippen LogP) is 2.56. The molecule has 2 aromatic rings. The molecule has 1 aliphatic carbocycles. The first-order valence-electron chi connectivity index (χ1n) is 12.4. The Labute approximate surface area is 221 Å². The van der Waals surface area contributed by atoms with E-state index in [4.69, 9.17) is 25.7 Å². The standard InChI is InChI=1S/C27H32N8O3/c1-37-15-14-31-23(28)20(16-32-18-10-7-11-18)24(29)38-27(30)35-25-26(36)33-21-13-6-5-12-19(21)22(34-25)17-8-3-2-4-9-17/h2-6,8-9,12-13,16,18,25,29,32H,7,10-11,14-15H2,1H3,(H2,28,31)(H2,30,35)(H,33,36)/b20-16+,29-24?. The van der Waals surface area contributed by atoms with Crippen molar-refractivity contribution in [3.8, 4) is 0 Å². The summed E-state index contributed by atoms with van der Waals surface area (Å²) in [6, 6.07) is 16.5. The number of amides is 1. The second-order valence-corrected chi connectivity index (χ2v) is 8.83. The maximum Gasteiger partial charge on any atom is 0.290 e. The van der Waals surface area contributed by atoms with Gasteiger partial charge in [0.2, 0.25) is 12.1 Å². The van der Waals surface area contributed by atoms with Gasteiger partial charge in [0.25, 0.3) is 11.9 Å². The molecule has 4 rings (SSSR count). The SMILES string of the molecule is COCCNC(=N)/C(=C\NC1CCC1)C(=N)OC(=N)NC1N=C(c2ccccc2)c2ccccc2NC1=O. The van der Waals surface area contributed by atoms with E-state index in [0.717, 1.165) is 30.4 Å². The van der Waals surface area contributed by atoms with Gasteiger partial charge in [-0.25, -0.2) is 4.99 Å². The molecule has 0 spiro atoms. The number of fused-ring (bicyclic) bond motifs is 1. The van der Waals surface area contributed by atoms with Crippen molar-refractivity contribution < 1.29 is 14.3 Å². The minimum atomic E-state index is -1.18. The van der Waals surface area contributed by atoms with Crippen molar-refractivity contribution in [2.45, 2.75) is 31.5 Å². The minimum absolute atomic E-state index is 0.0429. The van der Waals surface area contributed by atoms with Crippen LogP contribution in [0.15, 0.2) is 71.4 Å². The van der Waals surface area contributed by atoms with Gasteiger partial charge >= 0.3 is 0 Å². The number of ether oxygens (including phenoxy) is 2. The average Bonchev–Trinajstić information content (AvgIpc) is 3.02. The molecule has 1 aliphatic heterocycles. The fourth-order valence-electron chi connectivity index (χ4n) is 3.89. The normalized spacial score (nSPS) is 17.1. The molecular weight excluding hydrogens is 484 g/mol. The second kappa shape index (κ2) is 12.6. The summed E-state index contributed by atoms with van der Waals surface area (Å²) < 4.78 is 10.4. The highest BCUT2D eigenvalue weighted by Gasteiger charge is 2.27. The summed E-state index contributed by atoms with van der Waals surface area (Å²) in [6.45, 7) is 0.761. The van der Waals surface area contributed by atoms with Gasteiger partial charge in [-0.15, -0.1) is 0 Å². The number of benzene rings is 2. The quantitative estimate of drug-likeness (QED) is 0.154. The van der Waals surface area contributed by atoms with Gasteiger partial charge in [-0.2, -0.15) is 0 Å². The van der Waals surface area contributed by atoms with Crippen LogP contribution in [-0.4, -0.2) is 61.8 Å². The lowest BCUT2D eigenvalue weighted by atomic mass is 9.93. The highest BCUT2D eigenvalue weighted by Crippen LogP contribution is 2.23. The minimum Gasteiger partial charge on any atom is -0.407 e. The smallest absolute Gasteiger partial charge is 0.290 e. The van der Waals surface area contributed by atoms with Crippen LogP contribution in [0.3, 0.4) is 0 Å². The molecule has 0 bridgehead atoms. The predicted molar refractivity (Wildman–Crippen MR) is 147 cm³/mol. The highest BCUT2D eigenvalue weighted by atomic mass is 16.5. The van der Waals surface area contributed by atoms with E-state index in [-0.39, 0.29) is 17.5 Å². The fraction of sp³-hybridized carbons (Fsp3) is 0.296. The molecule has 0 saturated heterocycles. The van der Waals surface area contributed by atoms with Crippen molar-refractivity contribution >= 4 is 35.1 Å². The van der Waals surface area contributed by atoms with E-state index in [1.54, 1.807) is 19.4 Å². The van der Waals surface area contributed by atoms with Crippen molar-refractivity contribution in [1.82, 2.24) is 16.0 Å². The maximum absolute atomic E-state index is 13.0. The third-order valence-electron chi connectivity index (χ3n) is 6.16. The zero-order valence-electron chi connectivity index (χ0n) is 21.1. The Morgan fingerprint density at radius 2 is 1.84 bits per heavy atom. The largest absolute Gasteiger partial charge is 0.407 e. The Kier molecular flexibility index (Phi) is 8.83. The van der Waals surface area contributed by atoms with E-state index >= 15 is 0 Å². The summed E-state index contributed by atoms with van der Waals surface area (Å²) in [6.07, 6.45) is 3.53. The van der Waals surface area contributed by atoms with Gasteiger partial charge in [0.1, 0.15) is 5.84 Å². The van der Waals surface area contributed by atoms with Gasteiger partial charge in [-0.1, -0.05) is 48.5 Å². The number of nitrogens with one attached hydrogen (secondary N) is 7. The number of anilines is 1. The Morgan fingerprint density at radius 1 is 1.11 bits per heavy atom. The van der Waals surface area contributed by atoms with Gasteiger partial charge in [-0.05, 0) is 25.3 Å². The molecule has 7 N–H and O–H groups in total. The molecule has 2 aromatic carbocycles. The number of carbonyl (C=O) groups is 1. The third kappa shape index (κ3) is 6.62. The van der Waals surface area contributed by atoms with Gasteiger partial charge in [0.15, 0.2) is 0 Å². The zero-order valence-corrected chi connectivity index (χ0v) is 21.1. The number of nitrogens with zero attached hydrogens (tertiary/aromatic N) is 1. The monoisotopic (exact) mass is 516 g/mol. The van der Waals surface area contributed by atoms with Crippen molar-refractivity contribution in [2.75, 3.05) is 25.6 Å². The number of aliphatic imine (C=N–C) groups is 1. The summed E-state index contributed by atoms with van der Waals surface area (Å²) in [7, 11) is 1.56.